The minimum atomic E-state index is -4.40. The van der Waals surface area contributed by atoms with E-state index in [9.17, 15) is 21.6 Å². The molecular formula is C7H5ClF3NO2S. The first-order valence-corrected chi connectivity index (χ1v) is 5.94. The fourth-order valence-corrected chi connectivity index (χ4v) is 2.42. The van der Waals surface area contributed by atoms with Crippen LogP contribution in [0, 0.1) is 12.7 Å². The van der Waals surface area contributed by atoms with Gasteiger partial charge in [-0.3, -0.25) is 4.98 Å². The van der Waals surface area contributed by atoms with E-state index >= 15 is 0 Å². The summed E-state index contributed by atoms with van der Waals surface area (Å²) in [5.41, 5.74) is -1.27. The number of rotatable bonds is 2. The zero-order chi connectivity index (χ0) is 11.8. The van der Waals surface area contributed by atoms with Crippen molar-refractivity contribution in [2.75, 3.05) is 0 Å². The van der Waals surface area contributed by atoms with Crippen molar-refractivity contribution in [3.63, 3.8) is 0 Å². The first-order chi connectivity index (χ1) is 6.75. The second-order valence-electron chi connectivity index (χ2n) is 2.68. The summed E-state index contributed by atoms with van der Waals surface area (Å²) in [5, 5.41) is 0. The van der Waals surface area contributed by atoms with Gasteiger partial charge in [0.05, 0.1) is 6.20 Å². The molecule has 0 radical (unpaired) electrons. The molecule has 15 heavy (non-hydrogen) atoms. The number of halogens is 4. The fraction of sp³-hybridized carbons (Fsp3) is 0.286. The van der Waals surface area contributed by atoms with Gasteiger partial charge in [-0.15, -0.1) is 0 Å². The number of hydrogen-bond acceptors (Lipinski definition) is 3. The Morgan fingerprint density at radius 1 is 1.47 bits per heavy atom. The largest absolute Gasteiger partial charge is 0.280 e. The van der Waals surface area contributed by atoms with Crippen molar-refractivity contribution in [3.05, 3.63) is 23.3 Å². The summed E-state index contributed by atoms with van der Waals surface area (Å²) >= 11 is 0. The highest BCUT2D eigenvalue weighted by Gasteiger charge is 2.25. The standard InChI is InChI=1S/C7H5ClF3NO2S/c1-3-5(7(10)11)12-2-4(9)6(3)15(8,13)14/h2,7H,1H3. The minimum absolute atomic E-state index is 0.407. The SMILES string of the molecule is Cc1c(C(F)F)ncc(F)c1S(=O)(=O)Cl. The van der Waals surface area contributed by atoms with E-state index in [2.05, 4.69) is 4.98 Å². The predicted octanol–water partition coefficient (Wildman–Crippen LogP) is 2.39. The summed E-state index contributed by atoms with van der Waals surface area (Å²) in [4.78, 5) is 2.15. The molecule has 0 aliphatic carbocycles. The van der Waals surface area contributed by atoms with Gasteiger partial charge in [0.1, 0.15) is 10.6 Å². The summed E-state index contributed by atoms with van der Waals surface area (Å²) in [5.74, 6) is -1.24. The van der Waals surface area contributed by atoms with E-state index in [1.54, 1.807) is 0 Å². The van der Waals surface area contributed by atoms with Gasteiger partial charge in [-0.25, -0.2) is 21.6 Å². The third-order valence-corrected chi connectivity index (χ3v) is 3.16. The molecule has 0 N–H and O–H groups in total. The molecule has 0 aliphatic heterocycles. The molecule has 0 bridgehead atoms. The Hall–Kier alpha value is -0.820. The molecule has 1 rings (SSSR count). The zero-order valence-corrected chi connectivity index (χ0v) is 8.91. The molecule has 84 valence electrons. The quantitative estimate of drug-likeness (QED) is 0.766. The lowest BCUT2D eigenvalue weighted by atomic mass is 10.2. The van der Waals surface area contributed by atoms with E-state index in [1.807, 2.05) is 0 Å². The van der Waals surface area contributed by atoms with Crippen molar-refractivity contribution in [2.45, 2.75) is 18.2 Å². The molecule has 1 heterocycles. The van der Waals surface area contributed by atoms with Crippen molar-refractivity contribution in [3.8, 4) is 0 Å². The lowest BCUT2D eigenvalue weighted by molar-refractivity contribution is 0.144. The van der Waals surface area contributed by atoms with E-state index in [-0.39, 0.29) is 0 Å². The molecule has 0 atom stereocenters. The minimum Gasteiger partial charge on any atom is -0.252 e. The van der Waals surface area contributed by atoms with E-state index < -0.39 is 37.4 Å². The summed E-state index contributed by atoms with van der Waals surface area (Å²) in [6.07, 6.45) is -2.58. The van der Waals surface area contributed by atoms with Crippen molar-refractivity contribution < 1.29 is 21.6 Å². The monoisotopic (exact) mass is 259 g/mol. The van der Waals surface area contributed by atoms with Crippen LogP contribution in [-0.2, 0) is 9.05 Å². The van der Waals surface area contributed by atoms with Crippen LogP contribution in [0.2, 0.25) is 0 Å². The smallest absolute Gasteiger partial charge is 0.252 e. The van der Waals surface area contributed by atoms with E-state index in [1.165, 1.54) is 0 Å². The summed E-state index contributed by atoms with van der Waals surface area (Å²) in [6.45, 7) is 1.02. The van der Waals surface area contributed by atoms with E-state index in [4.69, 9.17) is 10.7 Å². The van der Waals surface area contributed by atoms with Gasteiger partial charge in [-0.1, -0.05) is 0 Å². The predicted molar refractivity (Wildman–Crippen MR) is 46.9 cm³/mol. The van der Waals surface area contributed by atoms with Crippen LogP contribution in [0.25, 0.3) is 0 Å². The summed E-state index contributed by atoms with van der Waals surface area (Å²) in [7, 11) is 0.509. The molecule has 0 saturated heterocycles. The normalized spacial score (nSPS) is 12.1. The molecule has 1 aromatic rings. The van der Waals surface area contributed by atoms with Crippen LogP contribution in [0.15, 0.2) is 11.1 Å². The van der Waals surface area contributed by atoms with Gasteiger partial charge in [0.25, 0.3) is 15.5 Å². The third-order valence-electron chi connectivity index (χ3n) is 1.71. The van der Waals surface area contributed by atoms with Gasteiger partial charge < -0.3 is 0 Å². The topological polar surface area (TPSA) is 47.0 Å². The van der Waals surface area contributed by atoms with Gasteiger partial charge in [0, 0.05) is 10.7 Å². The highest BCUT2D eigenvalue weighted by molar-refractivity contribution is 8.13. The molecule has 1 aromatic heterocycles. The van der Waals surface area contributed by atoms with Crippen LogP contribution >= 0.6 is 10.7 Å². The second kappa shape index (κ2) is 3.97. The molecule has 0 unspecified atom stereocenters. The molecule has 0 spiro atoms. The molecule has 0 amide bonds. The molecule has 3 nitrogen and oxygen atoms in total. The summed E-state index contributed by atoms with van der Waals surface area (Å²) in [6, 6.07) is 0. The zero-order valence-electron chi connectivity index (χ0n) is 7.34. The van der Waals surface area contributed by atoms with Crippen LogP contribution in [-0.4, -0.2) is 13.4 Å². The van der Waals surface area contributed by atoms with Gasteiger partial charge >= 0.3 is 0 Å². The van der Waals surface area contributed by atoms with Crippen LogP contribution in [0.3, 0.4) is 0 Å². The van der Waals surface area contributed by atoms with E-state index in [0.29, 0.717) is 6.20 Å². The third kappa shape index (κ3) is 2.40. The summed E-state index contributed by atoms with van der Waals surface area (Å²) < 4.78 is 59.4. The van der Waals surface area contributed by atoms with Crippen molar-refractivity contribution >= 4 is 19.7 Å². The average molecular weight is 260 g/mol. The Morgan fingerprint density at radius 2 is 2.00 bits per heavy atom. The van der Waals surface area contributed by atoms with Gasteiger partial charge in [0.15, 0.2) is 5.82 Å². The Morgan fingerprint density at radius 3 is 2.40 bits per heavy atom. The van der Waals surface area contributed by atoms with Crippen LogP contribution in [0.1, 0.15) is 17.7 Å². The Balaban J connectivity index is 3.59. The highest BCUT2D eigenvalue weighted by Crippen LogP contribution is 2.28. The maximum atomic E-state index is 13.0. The maximum Gasteiger partial charge on any atom is 0.280 e. The fourth-order valence-electron chi connectivity index (χ4n) is 1.10. The van der Waals surface area contributed by atoms with E-state index in [0.717, 1.165) is 6.92 Å². The highest BCUT2D eigenvalue weighted by atomic mass is 35.7. The van der Waals surface area contributed by atoms with Crippen LogP contribution < -0.4 is 0 Å². The Labute approximate surface area is 88.3 Å². The first kappa shape index (κ1) is 12.3. The molecule has 8 heteroatoms. The van der Waals surface area contributed by atoms with Crippen molar-refractivity contribution in [1.29, 1.82) is 0 Å². The van der Waals surface area contributed by atoms with Crippen LogP contribution in [0.4, 0.5) is 13.2 Å². The van der Waals surface area contributed by atoms with Crippen molar-refractivity contribution in [1.82, 2.24) is 4.98 Å². The Bertz CT molecular complexity index is 489. The maximum absolute atomic E-state index is 13.0. The Kier molecular flexibility index (Phi) is 3.25. The van der Waals surface area contributed by atoms with Gasteiger partial charge in [-0.2, -0.15) is 0 Å². The number of alkyl halides is 2. The van der Waals surface area contributed by atoms with Gasteiger partial charge in [0.2, 0.25) is 0 Å². The van der Waals surface area contributed by atoms with Crippen molar-refractivity contribution in [2.24, 2.45) is 0 Å². The number of nitrogens with zero attached hydrogens (tertiary/aromatic N) is 1. The lowest BCUT2D eigenvalue weighted by Gasteiger charge is -2.07. The average Bonchev–Trinajstić information content (AvgIpc) is 2.00. The second-order valence-corrected chi connectivity index (χ2v) is 5.19. The molecule has 0 saturated carbocycles. The number of hydrogen-bond donors (Lipinski definition) is 0. The van der Waals surface area contributed by atoms with Crippen LogP contribution in [0.5, 0.6) is 0 Å². The molecule has 0 fully saturated rings. The molecule has 0 aliphatic rings. The number of aromatic nitrogens is 1. The van der Waals surface area contributed by atoms with Gasteiger partial charge in [-0.05, 0) is 12.5 Å². The molecular weight excluding hydrogens is 255 g/mol. The molecule has 0 aromatic carbocycles. The first-order valence-electron chi connectivity index (χ1n) is 3.63. The number of pyridine rings is 1. The lowest BCUT2D eigenvalue weighted by Crippen LogP contribution is -2.05.